The van der Waals surface area contributed by atoms with Crippen LogP contribution in [0.3, 0.4) is 0 Å². The van der Waals surface area contributed by atoms with Crippen molar-refractivity contribution in [3.63, 3.8) is 0 Å². The third-order valence-electron chi connectivity index (χ3n) is 2.52. The van der Waals surface area contributed by atoms with Crippen molar-refractivity contribution in [2.45, 2.75) is 12.5 Å². The molecule has 0 saturated carbocycles. The van der Waals surface area contributed by atoms with E-state index in [1.165, 1.54) is 0 Å². The molecule has 90 valence electrons. The van der Waals surface area contributed by atoms with Gasteiger partial charge in [0.15, 0.2) is 4.60 Å². The fraction of sp³-hybridized carbons (Fsp3) is 0.273. The second-order valence-electron chi connectivity index (χ2n) is 3.83. The first-order valence-electron chi connectivity index (χ1n) is 5.13. The van der Waals surface area contributed by atoms with E-state index in [1.54, 1.807) is 4.68 Å². The zero-order valence-corrected chi connectivity index (χ0v) is 11.6. The summed E-state index contributed by atoms with van der Waals surface area (Å²) < 4.78 is 2.37. The molecule has 0 radical (unpaired) electrons. The van der Waals surface area contributed by atoms with Crippen molar-refractivity contribution < 1.29 is 0 Å². The molecule has 1 aromatic heterocycles. The number of aryl methyl sites for hydroxylation is 1. The number of aromatic nitrogens is 3. The molecule has 0 aliphatic heterocycles. The van der Waals surface area contributed by atoms with Crippen LogP contribution >= 0.6 is 27.5 Å². The minimum atomic E-state index is -0.164. The second-order valence-corrected chi connectivity index (χ2v) is 5.02. The average Bonchev–Trinajstić information content (AvgIpc) is 2.58. The molecule has 2 N–H and O–H groups in total. The van der Waals surface area contributed by atoms with Crippen molar-refractivity contribution in [3.8, 4) is 0 Å². The smallest absolute Gasteiger partial charge is 0.153 e. The molecule has 0 spiro atoms. The summed E-state index contributed by atoms with van der Waals surface area (Å²) in [6, 6.07) is 7.52. The molecule has 4 nitrogen and oxygen atoms in total. The molecule has 0 aliphatic carbocycles. The van der Waals surface area contributed by atoms with Gasteiger partial charge < -0.3 is 5.73 Å². The van der Waals surface area contributed by atoms with Crippen LogP contribution < -0.4 is 5.73 Å². The fourth-order valence-corrected chi connectivity index (χ4v) is 2.58. The number of halogens is 2. The number of hydrogen-bond donors (Lipinski definition) is 1. The molecule has 1 unspecified atom stereocenters. The average molecular weight is 316 g/mol. The normalized spacial score (nSPS) is 12.7. The first-order chi connectivity index (χ1) is 8.08. The van der Waals surface area contributed by atoms with Crippen LogP contribution in [0.25, 0.3) is 0 Å². The van der Waals surface area contributed by atoms with Gasteiger partial charge in [-0.05, 0) is 40.0 Å². The Labute approximate surface area is 113 Å². The van der Waals surface area contributed by atoms with Gasteiger partial charge in [-0.25, -0.2) is 4.68 Å². The van der Waals surface area contributed by atoms with Gasteiger partial charge in [0.1, 0.15) is 0 Å². The quantitative estimate of drug-likeness (QED) is 0.946. The highest BCUT2D eigenvalue weighted by Crippen LogP contribution is 2.22. The summed E-state index contributed by atoms with van der Waals surface area (Å²) in [6.45, 7) is 0. The summed E-state index contributed by atoms with van der Waals surface area (Å²) in [5.41, 5.74) is 8.12. The maximum atomic E-state index is 6.15. The van der Waals surface area contributed by atoms with Crippen molar-refractivity contribution in [1.82, 2.24) is 15.0 Å². The van der Waals surface area contributed by atoms with E-state index < -0.39 is 0 Å². The van der Waals surface area contributed by atoms with Gasteiger partial charge in [-0.3, -0.25) is 0 Å². The Morgan fingerprint density at radius 3 is 2.88 bits per heavy atom. The molecule has 0 saturated heterocycles. The van der Waals surface area contributed by atoms with Crippen molar-refractivity contribution in [2.24, 2.45) is 12.8 Å². The Kier molecular flexibility index (Phi) is 3.81. The Morgan fingerprint density at radius 1 is 1.53 bits per heavy atom. The molecule has 2 aromatic rings. The van der Waals surface area contributed by atoms with E-state index in [0.29, 0.717) is 11.0 Å². The lowest BCUT2D eigenvalue weighted by atomic mass is 10.0. The Balaban J connectivity index is 2.20. The van der Waals surface area contributed by atoms with Crippen LogP contribution in [-0.2, 0) is 13.5 Å². The van der Waals surface area contributed by atoms with Gasteiger partial charge in [-0.15, -0.1) is 5.10 Å². The lowest BCUT2D eigenvalue weighted by molar-refractivity contribution is 0.606. The topological polar surface area (TPSA) is 56.7 Å². The molecule has 2 rings (SSSR count). The number of rotatable bonds is 3. The third-order valence-corrected chi connectivity index (χ3v) is 3.32. The lowest BCUT2D eigenvalue weighted by Crippen LogP contribution is -2.17. The number of nitrogens with zero attached hydrogens (tertiary/aromatic N) is 3. The molecule has 1 aromatic carbocycles. The van der Waals surface area contributed by atoms with Gasteiger partial charge in [0.05, 0.1) is 11.7 Å². The van der Waals surface area contributed by atoms with Crippen LogP contribution in [0, 0.1) is 0 Å². The summed E-state index contributed by atoms with van der Waals surface area (Å²) in [5.74, 6) is 0. The summed E-state index contributed by atoms with van der Waals surface area (Å²) in [7, 11) is 1.82. The SMILES string of the molecule is Cn1nnc(Br)c1C(N)Cc1cccc(Cl)c1. The molecule has 0 fully saturated rings. The van der Waals surface area contributed by atoms with Crippen LogP contribution in [0.15, 0.2) is 28.9 Å². The molecule has 6 heteroatoms. The Hall–Kier alpha value is -0.910. The first-order valence-corrected chi connectivity index (χ1v) is 6.30. The summed E-state index contributed by atoms with van der Waals surface area (Å²) in [5, 5.41) is 8.55. The van der Waals surface area contributed by atoms with E-state index in [1.807, 2.05) is 31.3 Å². The van der Waals surface area contributed by atoms with Gasteiger partial charge in [0, 0.05) is 12.1 Å². The van der Waals surface area contributed by atoms with Gasteiger partial charge in [0.2, 0.25) is 0 Å². The van der Waals surface area contributed by atoms with Gasteiger partial charge >= 0.3 is 0 Å². The van der Waals surface area contributed by atoms with Crippen LogP contribution in [0.5, 0.6) is 0 Å². The van der Waals surface area contributed by atoms with Crippen molar-refractivity contribution >= 4 is 27.5 Å². The predicted molar refractivity (Wildman–Crippen MR) is 70.8 cm³/mol. The maximum Gasteiger partial charge on any atom is 0.153 e. The van der Waals surface area contributed by atoms with Crippen molar-refractivity contribution in [2.75, 3.05) is 0 Å². The predicted octanol–water partition coefficient (Wildman–Crippen LogP) is 2.47. The number of benzene rings is 1. The zero-order valence-electron chi connectivity index (χ0n) is 9.27. The minimum absolute atomic E-state index is 0.164. The fourth-order valence-electron chi connectivity index (χ4n) is 1.75. The van der Waals surface area contributed by atoms with Crippen LogP contribution in [-0.4, -0.2) is 15.0 Å². The molecule has 0 bridgehead atoms. The van der Waals surface area contributed by atoms with E-state index in [4.69, 9.17) is 17.3 Å². The second kappa shape index (κ2) is 5.16. The van der Waals surface area contributed by atoms with Gasteiger partial charge in [0.25, 0.3) is 0 Å². The van der Waals surface area contributed by atoms with E-state index in [2.05, 4.69) is 26.2 Å². The molecular formula is C11H12BrClN4. The molecule has 0 amide bonds. The molecule has 0 aliphatic rings. The minimum Gasteiger partial charge on any atom is -0.322 e. The number of hydrogen-bond acceptors (Lipinski definition) is 3. The Morgan fingerprint density at radius 2 is 2.29 bits per heavy atom. The summed E-state index contributed by atoms with van der Waals surface area (Å²) in [4.78, 5) is 0. The highest BCUT2D eigenvalue weighted by molar-refractivity contribution is 9.10. The standard InChI is InChI=1S/C11H12BrClN4/c1-17-10(11(12)15-16-17)9(14)6-7-3-2-4-8(13)5-7/h2-5,9H,6,14H2,1H3. The highest BCUT2D eigenvalue weighted by atomic mass is 79.9. The first kappa shape index (κ1) is 12.5. The highest BCUT2D eigenvalue weighted by Gasteiger charge is 2.16. The largest absolute Gasteiger partial charge is 0.322 e. The number of nitrogens with two attached hydrogens (primary N) is 1. The van der Waals surface area contributed by atoms with Crippen molar-refractivity contribution in [3.05, 3.63) is 45.1 Å². The van der Waals surface area contributed by atoms with Gasteiger partial charge in [-0.1, -0.05) is 28.9 Å². The van der Waals surface area contributed by atoms with Gasteiger partial charge in [-0.2, -0.15) is 0 Å². The Bertz CT molecular complexity index is 506. The maximum absolute atomic E-state index is 6.15. The lowest BCUT2D eigenvalue weighted by Gasteiger charge is -2.12. The summed E-state index contributed by atoms with van der Waals surface area (Å²) >= 11 is 9.28. The molecule has 17 heavy (non-hydrogen) atoms. The van der Waals surface area contributed by atoms with Crippen LogP contribution in [0.1, 0.15) is 17.3 Å². The van der Waals surface area contributed by atoms with E-state index >= 15 is 0 Å². The third kappa shape index (κ3) is 2.86. The van der Waals surface area contributed by atoms with Crippen molar-refractivity contribution in [1.29, 1.82) is 0 Å². The van der Waals surface area contributed by atoms with Crippen LogP contribution in [0.4, 0.5) is 0 Å². The molecule has 1 atom stereocenters. The summed E-state index contributed by atoms with van der Waals surface area (Å²) in [6.07, 6.45) is 0.695. The van der Waals surface area contributed by atoms with E-state index in [0.717, 1.165) is 16.3 Å². The monoisotopic (exact) mass is 314 g/mol. The zero-order chi connectivity index (χ0) is 12.4. The van der Waals surface area contributed by atoms with E-state index in [9.17, 15) is 0 Å². The van der Waals surface area contributed by atoms with Crippen LogP contribution in [0.2, 0.25) is 5.02 Å². The van der Waals surface area contributed by atoms with E-state index in [-0.39, 0.29) is 6.04 Å². The molecule has 1 heterocycles. The molecular weight excluding hydrogens is 304 g/mol.